The van der Waals surface area contributed by atoms with Crippen molar-refractivity contribution >= 4 is 11.6 Å². The number of nitrogens with two attached hydrogens (primary N) is 1. The molecule has 0 spiro atoms. The van der Waals surface area contributed by atoms with Gasteiger partial charge in [0.05, 0.1) is 0 Å². The normalized spacial score (nSPS) is 12.6. The maximum atomic E-state index is 5.78. The van der Waals surface area contributed by atoms with Crippen LogP contribution in [0, 0.1) is 12.3 Å². The Morgan fingerprint density at radius 3 is 2.29 bits per heavy atom. The zero-order valence-electron chi connectivity index (χ0n) is 11.8. The van der Waals surface area contributed by atoms with Gasteiger partial charge in [-0.05, 0) is 32.6 Å². The van der Waals surface area contributed by atoms with E-state index in [-0.39, 0.29) is 11.0 Å². The van der Waals surface area contributed by atoms with Crippen LogP contribution in [0.5, 0.6) is 0 Å². The number of aromatic nitrogens is 2. The van der Waals surface area contributed by atoms with Crippen molar-refractivity contribution in [1.29, 1.82) is 0 Å². The first-order chi connectivity index (χ1) is 7.61. The Hall–Kier alpha value is -1.32. The summed E-state index contributed by atoms with van der Waals surface area (Å²) in [5.74, 6) is 1.36. The van der Waals surface area contributed by atoms with Gasteiger partial charge in [-0.2, -0.15) is 0 Å². The molecular weight excluding hydrogens is 212 g/mol. The van der Waals surface area contributed by atoms with E-state index in [0.717, 1.165) is 17.8 Å². The Balaban J connectivity index is 2.87. The highest BCUT2D eigenvalue weighted by Gasteiger charge is 2.26. The van der Waals surface area contributed by atoms with Gasteiger partial charge < -0.3 is 11.1 Å². The van der Waals surface area contributed by atoms with Crippen LogP contribution in [-0.4, -0.2) is 15.5 Å². The molecule has 96 valence electrons. The summed E-state index contributed by atoms with van der Waals surface area (Å²) in [6.45, 7) is 13.0. The second-order valence-electron chi connectivity index (χ2n) is 6.48. The van der Waals surface area contributed by atoms with Crippen molar-refractivity contribution < 1.29 is 0 Å². The Kier molecular flexibility index (Phi) is 3.65. The van der Waals surface area contributed by atoms with Crippen molar-refractivity contribution in [3.8, 4) is 0 Å². The fraction of sp³-hybridized carbons (Fsp3) is 0.692. The van der Waals surface area contributed by atoms with Gasteiger partial charge in [0, 0.05) is 11.1 Å². The summed E-state index contributed by atoms with van der Waals surface area (Å²) >= 11 is 0. The van der Waals surface area contributed by atoms with Crippen molar-refractivity contribution in [3.05, 3.63) is 11.9 Å². The van der Waals surface area contributed by atoms with E-state index in [1.165, 1.54) is 6.33 Å². The van der Waals surface area contributed by atoms with E-state index in [0.29, 0.717) is 5.82 Å². The first-order valence-corrected chi connectivity index (χ1v) is 5.96. The number of hydrogen-bond acceptors (Lipinski definition) is 4. The maximum Gasteiger partial charge on any atom is 0.134 e. The molecule has 0 fully saturated rings. The minimum Gasteiger partial charge on any atom is -0.383 e. The van der Waals surface area contributed by atoms with Crippen molar-refractivity contribution in [2.75, 3.05) is 11.1 Å². The van der Waals surface area contributed by atoms with Gasteiger partial charge in [-0.15, -0.1) is 0 Å². The topological polar surface area (TPSA) is 63.8 Å². The molecule has 17 heavy (non-hydrogen) atoms. The highest BCUT2D eigenvalue weighted by atomic mass is 15.1. The molecule has 1 heterocycles. The van der Waals surface area contributed by atoms with Crippen LogP contribution >= 0.6 is 0 Å². The smallest absolute Gasteiger partial charge is 0.134 e. The van der Waals surface area contributed by atoms with E-state index in [1.807, 2.05) is 6.92 Å². The number of anilines is 2. The highest BCUT2D eigenvalue weighted by Crippen LogP contribution is 2.30. The van der Waals surface area contributed by atoms with E-state index in [2.05, 4.69) is 49.9 Å². The minimum absolute atomic E-state index is 0.0240. The number of rotatable bonds is 3. The molecule has 0 aliphatic heterocycles. The van der Waals surface area contributed by atoms with Gasteiger partial charge in [0.15, 0.2) is 0 Å². The third kappa shape index (κ3) is 4.21. The molecule has 4 heteroatoms. The van der Waals surface area contributed by atoms with Gasteiger partial charge in [0.25, 0.3) is 0 Å². The van der Waals surface area contributed by atoms with E-state index in [9.17, 15) is 0 Å². The number of nitrogen functional groups attached to an aromatic ring is 1. The molecule has 0 saturated carbocycles. The van der Waals surface area contributed by atoms with Crippen LogP contribution in [-0.2, 0) is 0 Å². The minimum atomic E-state index is -0.0240. The average molecular weight is 236 g/mol. The lowest BCUT2D eigenvalue weighted by atomic mass is 9.82. The molecule has 0 bridgehead atoms. The Morgan fingerprint density at radius 2 is 1.76 bits per heavy atom. The molecule has 1 aromatic rings. The summed E-state index contributed by atoms with van der Waals surface area (Å²) in [6.07, 6.45) is 2.54. The molecule has 4 nitrogen and oxygen atoms in total. The number of hydrogen-bond donors (Lipinski definition) is 2. The lowest BCUT2D eigenvalue weighted by molar-refractivity contribution is 0.302. The Bertz CT molecular complexity index is 391. The van der Waals surface area contributed by atoms with E-state index >= 15 is 0 Å². The fourth-order valence-corrected chi connectivity index (χ4v) is 2.28. The number of nitrogens with zero attached hydrogens (tertiary/aromatic N) is 2. The average Bonchev–Trinajstić information content (AvgIpc) is 2.08. The van der Waals surface area contributed by atoms with E-state index in [1.54, 1.807) is 0 Å². The molecule has 1 rings (SSSR count). The first-order valence-electron chi connectivity index (χ1n) is 5.96. The third-order valence-corrected chi connectivity index (χ3v) is 2.55. The zero-order valence-corrected chi connectivity index (χ0v) is 11.8. The van der Waals surface area contributed by atoms with Crippen LogP contribution in [0.15, 0.2) is 6.33 Å². The van der Waals surface area contributed by atoms with Crippen molar-refractivity contribution in [2.45, 2.75) is 53.5 Å². The molecule has 0 amide bonds. The SMILES string of the molecule is Cc1c(N)ncnc1NC(C)(C)CC(C)(C)C. The molecule has 3 N–H and O–H groups in total. The maximum absolute atomic E-state index is 5.78. The summed E-state index contributed by atoms with van der Waals surface area (Å²) in [5.41, 5.74) is 6.93. The standard InChI is InChI=1S/C13H24N4/c1-9-10(14)15-8-16-11(9)17-13(5,6)7-12(2,3)4/h8H,7H2,1-6H3,(H3,14,15,16,17). The van der Waals surface area contributed by atoms with Gasteiger partial charge in [-0.1, -0.05) is 20.8 Å². The van der Waals surface area contributed by atoms with Crippen LogP contribution in [0.2, 0.25) is 0 Å². The molecule has 1 aromatic heterocycles. The van der Waals surface area contributed by atoms with Crippen LogP contribution in [0.3, 0.4) is 0 Å². The fourth-order valence-electron chi connectivity index (χ4n) is 2.28. The largest absolute Gasteiger partial charge is 0.383 e. The molecule has 0 atom stereocenters. The third-order valence-electron chi connectivity index (χ3n) is 2.55. The number of nitrogens with one attached hydrogen (secondary N) is 1. The summed E-state index contributed by atoms with van der Waals surface area (Å²) < 4.78 is 0. The second kappa shape index (κ2) is 4.51. The summed E-state index contributed by atoms with van der Waals surface area (Å²) in [5, 5.41) is 3.45. The second-order valence-corrected chi connectivity index (χ2v) is 6.48. The Morgan fingerprint density at radius 1 is 1.18 bits per heavy atom. The predicted octanol–water partition coefficient (Wildman–Crippen LogP) is 2.99. The Labute approximate surface area is 104 Å². The van der Waals surface area contributed by atoms with Crippen LogP contribution in [0.1, 0.15) is 46.6 Å². The highest BCUT2D eigenvalue weighted by molar-refractivity contribution is 5.54. The zero-order chi connectivity index (χ0) is 13.3. The monoisotopic (exact) mass is 236 g/mol. The summed E-state index contributed by atoms with van der Waals surface area (Å²) in [4.78, 5) is 8.22. The van der Waals surface area contributed by atoms with Gasteiger partial charge >= 0.3 is 0 Å². The molecule has 0 aromatic carbocycles. The molecule has 0 aliphatic rings. The van der Waals surface area contributed by atoms with Gasteiger partial charge in [-0.3, -0.25) is 0 Å². The van der Waals surface area contributed by atoms with Crippen molar-refractivity contribution in [1.82, 2.24) is 9.97 Å². The summed E-state index contributed by atoms with van der Waals surface area (Å²) in [7, 11) is 0. The first kappa shape index (κ1) is 13.7. The molecule has 0 radical (unpaired) electrons. The van der Waals surface area contributed by atoms with Gasteiger partial charge in [0.1, 0.15) is 18.0 Å². The van der Waals surface area contributed by atoms with Crippen LogP contribution in [0.25, 0.3) is 0 Å². The quantitative estimate of drug-likeness (QED) is 0.846. The predicted molar refractivity (Wildman–Crippen MR) is 73.0 cm³/mol. The van der Waals surface area contributed by atoms with E-state index in [4.69, 9.17) is 5.73 Å². The lowest BCUT2D eigenvalue weighted by Crippen LogP contribution is -2.36. The lowest BCUT2D eigenvalue weighted by Gasteiger charge is -2.34. The molecular formula is C13H24N4. The molecule has 0 saturated heterocycles. The van der Waals surface area contributed by atoms with Gasteiger partial charge in [-0.25, -0.2) is 9.97 Å². The van der Waals surface area contributed by atoms with Gasteiger partial charge in [0.2, 0.25) is 0 Å². The molecule has 0 aliphatic carbocycles. The van der Waals surface area contributed by atoms with E-state index < -0.39 is 0 Å². The van der Waals surface area contributed by atoms with Crippen LogP contribution < -0.4 is 11.1 Å². The molecule has 0 unspecified atom stereocenters. The van der Waals surface area contributed by atoms with Crippen LogP contribution in [0.4, 0.5) is 11.6 Å². The van der Waals surface area contributed by atoms with Crippen molar-refractivity contribution in [2.24, 2.45) is 5.41 Å². The van der Waals surface area contributed by atoms with Crippen molar-refractivity contribution in [3.63, 3.8) is 0 Å². The summed E-state index contributed by atoms with van der Waals surface area (Å²) in [6, 6.07) is 0.